The second kappa shape index (κ2) is 7.49. The highest BCUT2D eigenvalue weighted by molar-refractivity contribution is 5.74. The molecule has 9 heteroatoms. The van der Waals surface area contributed by atoms with Crippen LogP contribution in [0.1, 0.15) is 18.4 Å². The van der Waals surface area contributed by atoms with Crippen LogP contribution in [-0.2, 0) is 20.6 Å². The molecule has 2 aromatic heterocycles. The lowest BCUT2D eigenvalue weighted by Crippen LogP contribution is -2.40. The summed E-state index contributed by atoms with van der Waals surface area (Å²) in [6, 6.07) is 7.54. The van der Waals surface area contributed by atoms with Gasteiger partial charge in [0.2, 0.25) is 5.95 Å². The quantitative estimate of drug-likeness (QED) is 0.586. The summed E-state index contributed by atoms with van der Waals surface area (Å²) in [5, 5.41) is 13.4. The van der Waals surface area contributed by atoms with E-state index in [4.69, 9.17) is 4.74 Å². The fraction of sp³-hybridized carbons (Fsp3) is 0.381. The molecule has 0 atom stereocenters. The van der Waals surface area contributed by atoms with E-state index in [1.807, 2.05) is 36.4 Å². The van der Waals surface area contributed by atoms with E-state index in [-0.39, 0.29) is 6.61 Å². The zero-order chi connectivity index (χ0) is 21.5. The first-order chi connectivity index (χ1) is 14.4. The van der Waals surface area contributed by atoms with Crippen LogP contribution in [0.2, 0.25) is 0 Å². The Morgan fingerprint density at radius 1 is 1.13 bits per heavy atom. The maximum Gasteiger partial charge on any atom is 0.332 e. The highest BCUT2D eigenvalue weighted by atomic mass is 16.5. The van der Waals surface area contributed by atoms with Crippen molar-refractivity contribution >= 4 is 17.1 Å². The molecule has 3 aromatic rings. The van der Waals surface area contributed by atoms with Crippen molar-refractivity contribution in [2.75, 3.05) is 19.0 Å². The molecule has 2 heterocycles. The van der Waals surface area contributed by atoms with Crippen LogP contribution in [0, 0.1) is 0 Å². The molecule has 30 heavy (non-hydrogen) atoms. The summed E-state index contributed by atoms with van der Waals surface area (Å²) >= 11 is 0. The van der Waals surface area contributed by atoms with Gasteiger partial charge in [0.15, 0.2) is 11.2 Å². The van der Waals surface area contributed by atoms with Crippen molar-refractivity contribution in [3.8, 4) is 5.75 Å². The van der Waals surface area contributed by atoms with Gasteiger partial charge in [0, 0.05) is 14.1 Å². The summed E-state index contributed by atoms with van der Waals surface area (Å²) in [5.74, 6) is 1.18. The molecule has 0 spiro atoms. The smallest absolute Gasteiger partial charge is 0.332 e. The molecule has 0 amide bonds. The van der Waals surface area contributed by atoms with Gasteiger partial charge >= 0.3 is 5.69 Å². The van der Waals surface area contributed by atoms with Gasteiger partial charge in [-0.3, -0.25) is 18.5 Å². The van der Waals surface area contributed by atoms with Gasteiger partial charge in [0.05, 0.1) is 25.8 Å². The van der Waals surface area contributed by atoms with Crippen LogP contribution in [-0.4, -0.2) is 43.0 Å². The number of benzene rings is 1. The minimum atomic E-state index is -0.580. The number of nitrogens with one attached hydrogen (secondary N) is 1. The number of methoxy groups -OCH3 is 1. The molecule has 0 radical (unpaired) electrons. The highest BCUT2D eigenvalue weighted by Gasteiger charge is 2.32. The number of aromatic nitrogens is 4. The minimum Gasteiger partial charge on any atom is -0.497 e. The fourth-order valence-electron chi connectivity index (χ4n) is 3.82. The molecule has 0 fully saturated rings. The number of anilines is 1. The first kappa shape index (κ1) is 20.0. The topological polar surface area (TPSA) is 103 Å². The standard InChI is InChI=1S/C21H25N5O4/c1-24-17-16(18(28)25(2)20(24)29)26(12-14-6-8-15(30-3)9-7-14)19(22-17)23-21(13-27)10-4-5-11-21/h4-9,27H,10-13H2,1-3H3,(H,22,23). The molecule has 0 saturated carbocycles. The van der Waals surface area contributed by atoms with Crippen LogP contribution in [0.25, 0.3) is 11.2 Å². The third-order valence-electron chi connectivity index (χ3n) is 5.71. The number of nitrogens with zero attached hydrogens (tertiary/aromatic N) is 4. The van der Waals surface area contributed by atoms with Gasteiger partial charge in [-0.05, 0) is 30.5 Å². The summed E-state index contributed by atoms with van der Waals surface area (Å²) in [7, 11) is 4.66. The fourth-order valence-corrected chi connectivity index (χ4v) is 3.82. The van der Waals surface area contributed by atoms with Crippen molar-refractivity contribution in [2.45, 2.75) is 24.9 Å². The average molecular weight is 411 g/mol. The van der Waals surface area contributed by atoms with Gasteiger partial charge in [0.1, 0.15) is 5.75 Å². The lowest BCUT2D eigenvalue weighted by atomic mass is 9.98. The molecule has 0 unspecified atom stereocenters. The molecule has 1 aliphatic carbocycles. The molecule has 0 saturated heterocycles. The Balaban J connectivity index is 1.89. The first-order valence-corrected chi connectivity index (χ1v) is 9.72. The molecule has 1 aliphatic rings. The maximum atomic E-state index is 13.0. The molecule has 4 rings (SSSR count). The van der Waals surface area contributed by atoms with Crippen LogP contribution in [0.5, 0.6) is 5.75 Å². The van der Waals surface area contributed by atoms with E-state index in [1.165, 1.54) is 11.6 Å². The summed E-state index contributed by atoms with van der Waals surface area (Å²) in [6.07, 6.45) is 5.31. The van der Waals surface area contributed by atoms with Crippen LogP contribution in [0.4, 0.5) is 5.95 Å². The minimum absolute atomic E-state index is 0.0807. The molecule has 0 bridgehead atoms. The Labute approximate surface area is 172 Å². The van der Waals surface area contributed by atoms with Gasteiger partial charge in [-0.25, -0.2) is 4.79 Å². The van der Waals surface area contributed by atoms with Crippen molar-refractivity contribution in [1.29, 1.82) is 0 Å². The normalized spacial score (nSPS) is 15.1. The number of hydrogen-bond acceptors (Lipinski definition) is 6. The average Bonchev–Trinajstić information content (AvgIpc) is 3.37. The van der Waals surface area contributed by atoms with Crippen molar-refractivity contribution in [2.24, 2.45) is 14.1 Å². The predicted molar refractivity (Wildman–Crippen MR) is 114 cm³/mol. The largest absolute Gasteiger partial charge is 0.497 e. The van der Waals surface area contributed by atoms with Gasteiger partial charge in [0.25, 0.3) is 5.56 Å². The van der Waals surface area contributed by atoms with Crippen molar-refractivity contribution in [3.05, 3.63) is 62.8 Å². The molecular formula is C21H25N5O4. The van der Waals surface area contributed by atoms with Gasteiger partial charge in [-0.15, -0.1) is 0 Å². The Hall–Kier alpha value is -3.33. The predicted octanol–water partition coefficient (Wildman–Crippen LogP) is 0.984. The Kier molecular flexibility index (Phi) is 4.98. The number of imidazole rings is 1. The second-order valence-electron chi connectivity index (χ2n) is 7.69. The van der Waals surface area contributed by atoms with E-state index in [0.29, 0.717) is 36.5 Å². The van der Waals surface area contributed by atoms with E-state index >= 15 is 0 Å². The van der Waals surface area contributed by atoms with Crippen molar-refractivity contribution < 1.29 is 9.84 Å². The number of hydrogen-bond donors (Lipinski definition) is 2. The molecule has 1 aromatic carbocycles. The zero-order valence-corrected chi connectivity index (χ0v) is 17.3. The summed E-state index contributed by atoms with van der Waals surface area (Å²) < 4.78 is 9.44. The molecule has 2 N–H and O–H groups in total. The number of rotatable bonds is 6. The number of fused-ring (bicyclic) bond motifs is 1. The zero-order valence-electron chi connectivity index (χ0n) is 17.3. The molecule has 0 aliphatic heterocycles. The second-order valence-corrected chi connectivity index (χ2v) is 7.69. The molecule has 9 nitrogen and oxygen atoms in total. The summed E-state index contributed by atoms with van der Waals surface area (Å²) in [4.78, 5) is 30.0. The number of aryl methyl sites for hydroxylation is 1. The Morgan fingerprint density at radius 3 is 2.40 bits per heavy atom. The summed E-state index contributed by atoms with van der Waals surface area (Å²) in [6.45, 7) is 0.286. The highest BCUT2D eigenvalue weighted by Crippen LogP contribution is 2.29. The summed E-state index contributed by atoms with van der Waals surface area (Å²) in [5.41, 5.74) is 0.146. The van der Waals surface area contributed by atoms with Gasteiger partial charge in [-0.1, -0.05) is 24.3 Å². The molecule has 158 valence electrons. The third-order valence-corrected chi connectivity index (χ3v) is 5.71. The number of ether oxygens (including phenoxy) is 1. The Morgan fingerprint density at radius 2 is 1.80 bits per heavy atom. The Bertz CT molecular complexity index is 1230. The van der Waals surface area contributed by atoms with Gasteiger partial charge < -0.3 is 15.2 Å². The third kappa shape index (κ3) is 3.21. The maximum absolute atomic E-state index is 13.0. The number of aliphatic hydroxyl groups is 1. The van der Waals surface area contributed by atoms with Crippen LogP contribution < -0.4 is 21.3 Å². The monoisotopic (exact) mass is 411 g/mol. The SMILES string of the molecule is COc1ccc(Cn2c(NC3(CO)CC=CC3)nc3c2c(=O)n(C)c(=O)n3C)cc1. The first-order valence-electron chi connectivity index (χ1n) is 9.72. The van der Waals surface area contributed by atoms with Gasteiger partial charge in [-0.2, -0.15) is 4.98 Å². The van der Waals surface area contributed by atoms with Crippen molar-refractivity contribution in [1.82, 2.24) is 18.7 Å². The lowest BCUT2D eigenvalue weighted by Gasteiger charge is -2.28. The number of aliphatic hydroxyl groups excluding tert-OH is 1. The van der Waals surface area contributed by atoms with E-state index in [9.17, 15) is 14.7 Å². The van der Waals surface area contributed by atoms with Crippen molar-refractivity contribution in [3.63, 3.8) is 0 Å². The lowest BCUT2D eigenvalue weighted by molar-refractivity contribution is 0.217. The molecular weight excluding hydrogens is 386 g/mol. The van der Waals surface area contributed by atoms with Crippen LogP contribution in [0.15, 0.2) is 46.0 Å². The van der Waals surface area contributed by atoms with Crippen LogP contribution >= 0.6 is 0 Å². The van der Waals surface area contributed by atoms with E-state index in [0.717, 1.165) is 15.9 Å². The van der Waals surface area contributed by atoms with E-state index in [2.05, 4.69) is 10.3 Å². The van der Waals surface area contributed by atoms with E-state index < -0.39 is 16.8 Å². The van der Waals surface area contributed by atoms with E-state index in [1.54, 1.807) is 18.7 Å². The van der Waals surface area contributed by atoms with Crippen LogP contribution in [0.3, 0.4) is 0 Å².